The van der Waals surface area contributed by atoms with Crippen LogP contribution in [0.3, 0.4) is 0 Å². The Labute approximate surface area is 93.2 Å². The zero-order valence-corrected chi connectivity index (χ0v) is 10.5. The minimum atomic E-state index is -0.818. The number of carboxylic acid groups (broad SMARTS) is 1. The van der Waals surface area contributed by atoms with Gasteiger partial charge in [0.25, 0.3) is 0 Å². The molecule has 92 valence electrons. The highest BCUT2D eigenvalue weighted by Gasteiger charge is 2.08. The van der Waals surface area contributed by atoms with Gasteiger partial charge in [0.05, 0.1) is 13.0 Å². The minimum Gasteiger partial charge on any atom is -0.481 e. The molecule has 15 heavy (non-hydrogen) atoms. The number of methoxy groups -OCH3 is 1. The predicted octanol–water partition coefficient (Wildman–Crippen LogP) is 1.85. The van der Waals surface area contributed by atoms with E-state index in [4.69, 9.17) is 5.11 Å². The fourth-order valence-corrected chi connectivity index (χ4v) is 0.887. The number of aliphatic carboxylic acids is 1. The van der Waals surface area contributed by atoms with Crippen LogP contribution in [0.15, 0.2) is 0 Å². The van der Waals surface area contributed by atoms with Crippen LogP contribution in [0.4, 0.5) is 0 Å². The Morgan fingerprint density at radius 2 is 1.93 bits per heavy atom. The van der Waals surface area contributed by atoms with Crippen molar-refractivity contribution in [2.45, 2.75) is 33.6 Å². The van der Waals surface area contributed by atoms with Gasteiger partial charge in [-0.05, 0) is 26.1 Å². The lowest BCUT2D eigenvalue weighted by Crippen LogP contribution is -2.36. The van der Waals surface area contributed by atoms with Crippen molar-refractivity contribution in [3.8, 4) is 0 Å². The standard InChI is InChI=1S/C5H11N.C4H8O3.C2H6/c1-2-6-4-3-5-6;1-7-3-2-4(5)6;1-2/h2-5H2,1H3;2-3H2,1H3,(H,5,6);1-2H3. The fraction of sp³-hybridized carbons (Fsp3) is 0.909. The van der Waals surface area contributed by atoms with E-state index in [9.17, 15) is 4.79 Å². The fourth-order valence-electron chi connectivity index (χ4n) is 0.887. The van der Waals surface area contributed by atoms with Crippen molar-refractivity contribution >= 4 is 5.97 Å². The molecule has 0 radical (unpaired) electrons. The lowest BCUT2D eigenvalue weighted by Gasteiger charge is -2.28. The third kappa shape index (κ3) is 13.4. The highest BCUT2D eigenvalue weighted by Crippen LogP contribution is 2.02. The molecule has 0 aromatic carbocycles. The number of hydrogen-bond acceptors (Lipinski definition) is 3. The Morgan fingerprint density at radius 1 is 1.40 bits per heavy atom. The number of carboxylic acids is 1. The molecule has 0 bridgehead atoms. The zero-order valence-electron chi connectivity index (χ0n) is 10.5. The average Bonchev–Trinajstić information content (AvgIpc) is 2.17. The van der Waals surface area contributed by atoms with Gasteiger partial charge in [0, 0.05) is 7.11 Å². The molecule has 1 saturated heterocycles. The molecule has 0 unspecified atom stereocenters. The Balaban J connectivity index is 0. The minimum absolute atomic E-state index is 0.0938. The van der Waals surface area contributed by atoms with Crippen LogP contribution >= 0.6 is 0 Å². The first-order valence-corrected chi connectivity index (χ1v) is 5.63. The molecule has 0 atom stereocenters. The molecule has 0 aromatic heterocycles. The summed E-state index contributed by atoms with van der Waals surface area (Å²) in [6.07, 6.45) is 1.52. The maximum atomic E-state index is 9.68. The van der Waals surface area contributed by atoms with Crippen molar-refractivity contribution in [3.63, 3.8) is 0 Å². The van der Waals surface area contributed by atoms with Gasteiger partial charge in [-0.1, -0.05) is 20.8 Å². The van der Waals surface area contributed by atoms with Crippen molar-refractivity contribution in [1.82, 2.24) is 4.90 Å². The molecular formula is C11H25NO3. The zero-order chi connectivity index (χ0) is 12.1. The van der Waals surface area contributed by atoms with Gasteiger partial charge < -0.3 is 14.7 Å². The van der Waals surface area contributed by atoms with E-state index in [2.05, 4.69) is 16.6 Å². The molecule has 1 aliphatic heterocycles. The second-order valence-electron chi connectivity index (χ2n) is 2.92. The first-order chi connectivity index (χ1) is 7.20. The van der Waals surface area contributed by atoms with Gasteiger partial charge >= 0.3 is 5.97 Å². The molecule has 4 heteroatoms. The Bertz CT molecular complexity index is 133. The summed E-state index contributed by atoms with van der Waals surface area (Å²) in [5.74, 6) is -0.818. The average molecular weight is 219 g/mol. The summed E-state index contributed by atoms with van der Waals surface area (Å²) in [7, 11) is 1.48. The topological polar surface area (TPSA) is 49.8 Å². The van der Waals surface area contributed by atoms with E-state index in [-0.39, 0.29) is 6.42 Å². The van der Waals surface area contributed by atoms with E-state index >= 15 is 0 Å². The molecule has 1 heterocycles. The number of carbonyl (C=O) groups is 1. The van der Waals surface area contributed by atoms with Gasteiger partial charge in [0.2, 0.25) is 0 Å². The van der Waals surface area contributed by atoms with E-state index in [0.29, 0.717) is 6.61 Å². The summed E-state index contributed by atoms with van der Waals surface area (Å²) in [4.78, 5) is 12.1. The van der Waals surface area contributed by atoms with Crippen LogP contribution in [-0.2, 0) is 9.53 Å². The normalized spacial score (nSPS) is 13.9. The second-order valence-corrected chi connectivity index (χ2v) is 2.92. The van der Waals surface area contributed by atoms with Crippen molar-refractivity contribution in [3.05, 3.63) is 0 Å². The summed E-state index contributed by atoms with van der Waals surface area (Å²) in [6.45, 7) is 10.4. The highest BCUT2D eigenvalue weighted by molar-refractivity contribution is 5.66. The number of rotatable bonds is 4. The van der Waals surface area contributed by atoms with Gasteiger partial charge in [0.15, 0.2) is 0 Å². The van der Waals surface area contributed by atoms with Crippen LogP contribution in [0.5, 0.6) is 0 Å². The number of ether oxygens (including phenoxy) is 1. The molecular weight excluding hydrogens is 194 g/mol. The second kappa shape index (κ2) is 13.4. The quantitative estimate of drug-likeness (QED) is 0.784. The van der Waals surface area contributed by atoms with Crippen LogP contribution in [0, 0.1) is 0 Å². The lowest BCUT2D eigenvalue weighted by atomic mass is 10.2. The molecule has 1 N–H and O–H groups in total. The highest BCUT2D eigenvalue weighted by atomic mass is 16.5. The summed E-state index contributed by atoms with van der Waals surface area (Å²) < 4.78 is 4.47. The van der Waals surface area contributed by atoms with Crippen molar-refractivity contribution < 1.29 is 14.6 Å². The molecule has 1 rings (SSSR count). The number of likely N-dealkylation sites (tertiary alicyclic amines) is 1. The van der Waals surface area contributed by atoms with Gasteiger partial charge in [-0.25, -0.2) is 0 Å². The van der Waals surface area contributed by atoms with Gasteiger partial charge in [-0.15, -0.1) is 0 Å². The molecule has 0 saturated carbocycles. The van der Waals surface area contributed by atoms with Crippen LogP contribution in [-0.4, -0.2) is 49.3 Å². The van der Waals surface area contributed by atoms with E-state index < -0.39 is 5.97 Å². The first kappa shape index (κ1) is 16.8. The maximum Gasteiger partial charge on any atom is 0.305 e. The lowest BCUT2D eigenvalue weighted by molar-refractivity contribution is -0.137. The molecule has 4 nitrogen and oxygen atoms in total. The van der Waals surface area contributed by atoms with E-state index in [0.717, 1.165) is 0 Å². The molecule has 0 spiro atoms. The maximum absolute atomic E-state index is 9.68. The van der Waals surface area contributed by atoms with E-state index in [1.807, 2.05) is 13.8 Å². The molecule has 1 aliphatic rings. The third-order valence-electron chi connectivity index (χ3n) is 1.92. The SMILES string of the molecule is CC.CCN1CCC1.COCCC(=O)O. The molecule has 0 amide bonds. The Kier molecular flexibility index (Phi) is 15.0. The Morgan fingerprint density at radius 3 is 2.00 bits per heavy atom. The third-order valence-corrected chi connectivity index (χ3v) is 1.92. The van der Waals surface area contributed by atoms with Crippen LogP contribution in [0.2, 0.25) is 0 Å². The summed E-state index contributed by atoms with van der Waals surface area (Å²) in [6, 6.07) is 0. The number of hydrogen-bond donors (Lipinski definition) is 1. The van der Waals surface area contributed by atoms with E-state index in [1.54, 1.807) is 0 Å². The largest absolute Gasteiger partial charge is 0.481 e. The van der Waals surface area contributed by atoms with Gasteiger partial charge in [0.1, 0.15) is 0 Å². The van der Waals surface area contributed by atoms with Crippen molar-refractivity contribution in [1.29, 1.82) is 0 Å². The Hall–Kier alpha value is -0.610. The summed E-state index contributed by atoms with van der Waals surface area (Å²) >= 11 is 0. The van der Waals surface area contributed by atoms with Gasteiger partial charge in [-0.2, -0.15) is 0 Å². The number of nitrogens with zero attached hydrogens (tertiary/aromatic N) is 1. The van der Waals surface area contributed by atoms with Gasteiger partial charge in [-0.3, -0.25) is 4.79 Å². The summed E-state index contributed by atoms with van der Waals surface area (Å²) in [5, 5.41) is 7.96. The van der Waals surface area contributed by atoms with E-state index in [1.165, 1.54) is 33.2 Å². The van der Waals surface area contributed by atoms with Crippen LogP contribution < -0.4 is 0 Å². The first-order valence-electron chi connectivity index (χ1n) is 5.63. The summed E-state index contributed by atoms with van der Waals surface area (Å²) in [5.41, 5.74) is 0. The van der Waals surface area contributed by atoms with Crippen molar-refractivity contribution in [2.75, 3.05) is 33.4 Å². The monoisotopic (exact) mass is 219 g/mol. The predicted molar refractivity (Wildman–Crippen MR) is 62.2 cm³/mol. The molecule has 0 aliphatic carbocycles. The molecule has 0 aromatic rings. The van der Waals surface area contributed by atoms with Crippen molar-refractivity contribution in [2.24, 2.45) is 0 Å². The molecule has 1 fully saturated rings. The smallest absolute Gasteiger partial charge is 0.305 e. The van der Waals surface area contributed by atoms with Crippen LogP contribution in [0.25, 0.3) is 0 Å². The van der Waals surface area contributed by atoms with Crippen LogP contribution in [0.1, 0.15) is 33.6 Å².